The zero-order chi connectivity index (χ0) is 19.5. The molecule has 0 saturated heterocycles. The van der Waals surface area contributed by atoms with Crippen LogP contribution in [0.4, 0.5) is 0 Å². The summed E-state index contributed by atoms with van der Waals surface area (Å²) in [5.41, 5.74) is 1.71. The van der Waals surface area contributed by atoms with E-state index in [1.54, 1.807) is 12.5 Å². The summed E-state index contributed by atoms with van der Waals surface area (Å²) in [6.45, 7) is 1.96. The maximum atomic E-state index is 13.0. The van der Waals surface area contributed by atoms with Crippen LogP contribution >= 0.6 is 11.8 Å². The van der Waals surface area contributed by atoms with E-state index in [1.807, 2.05) is 53.9 Å². The number of thioether (sulfide) groups is 1. The van der Waals surface area contributed by atoms with E-state index in [0.29, 0.717) is 6.04 Å². The quantitative estimate of drug-likeness (QED) is 0.481. The van der Waals surface area contributed by atoms with Crippen LogP contribution < -0.4 is 0 Å². The Morgan fingerprint density at radius 2 is 1.93 bits per heavy atom. The zero-order valence-electron chi connectivity index (χ0n) is 16.3. The number of carbonyl (C=O) groups excluding carboxylic acids is 1. The monoisotopic (exact) mass is 395 g/mol. The largest absolute Gasteiger partial charge is 0.342 e. The Bertz CT molecular complexity index is 952. The Hall–Kier alpha value is -2.41. The summed E-state index contributed by atoms with van der Waals surface area (Å²) in [5, 5.41) is 5.96. The second kappa shape index (κ2) is 8.31. The molecule has 1 saturated carbocycles. The number of fused-ring (bicyclic) bond motifs is 1. The van der Waals surface area contributed by atoms with Crippen LogP contribution in [0.5, 0.6) is 0 Å². The molecule has 1 atom stereocenters. The van der Waals surface area contributed by atoms with E-state index in [9.17, 15) is 4.79 Å². The van der Waals surface area contributed by atoms with Crippen LogP contribution in [0.2, 0.25) is 0 Å². The standard InChI is InChI=1S/C21H25N5OS/c1-15(21(27)25(2)16-9-5-3-6-10-16)28-20-18-13-24-26(19(18)22-14-23-20)17-11-7-4-8-12-17/h4,7-8,11-16H,3,5-6,9-10H2,1-2H3. The lowest BCUT2D eigenvalue weighted by Gasteiger charge is -2.32. The molecule has 1 aliphatic rings. The van der Waals surface area contributed by atoms with Crippen molar-refractivity contribution in [2.45, 2.75) is 55.3 Å². The van der Waals surface area contributed by atoms with Gasteiger partial charge in [0.1, 0.15) is 11.4 Å². The number of rotatable bonds is 5. The highest BCUT2D eigenvalue weighted by molar-refractivity contribution is 8.00. The highest BCUT2D eigenvalue weighted by atomic mass is 32.2. The van der Waals surface area contributed by atoms with Crippen molar-refractivity contribution in [3.63, 3.8) is 0 Å². The molecule has 1 aliphatic carbocycles. The van der Waals surface area contributed by atoms with Crippen molar-refractivity contribution in [2.75, 3.05) is 7.05 Å². The maximum Gasteiger partial charge on any atom is 0.235 e. The lowest BCUT2D eigenvalue weighted by atomic mass is 9.94. The first-order chi connectivity index (χ1) is 13.6. The summed E-state index contributed by atoms with van der Waals surface area (Å²) in [7, 11) is 1.94. The third-order valence-electron chi connectivity index (χ3n) is 5.44. The average molecular weight is 396 g/mol. The first kappa shape index (κ1) is 18.9. The molecule has 1 fully saturated rings. The first-order valence-electron chi connectivity index (χ1n) is 9.82. The van der Waals surface area contributed by atoms with E-state index in [4.69, 9.17) is 0 Å². The number of nitrogens with zero attached hydrogens (tertiary/aromatic N) is 5. The fourth-order valence-electron chi connectivity index (χ4n) is 3.83. The fourth-order valence-corrected chi connectivity index (χ4v) is 4.81. The molecular weight excluding hydrogens is 370 g/mol. The van der Waals surface area contributed by atoms with Crippen LogP contribution in [0.3, 0.4) is 0 Å². The van der Waals surface area contributed by atoms with Gasteiger partial charge in [-0.05, 0) is 31.9 Å². The summed E-state index contributed by atoms with van der Waals surface area (Å²) >= 11 is 1.49. The van der Waals surface area contributed by atoms with E-state index in [1.165, 1.54) is 31.0 Å². The van der Waals surface area contributed by atoms with E-state index < -0.39 is 0 Å². The van der Waals surface area contributed by atoms with Crippen molar-refractivity contribution in [1.29, 1.82) is 0 Å². The molecule has 2 heterocycles. The second-order valence-electron chi connectivity index (χ2n) is 7.31. The molecule has 0 radical (unpaired) electrons. The predicted octanol–water partition coefficient (Wildman–Crippen LogP) is 4.09. The number of hydrogen-bond donors (Lipinski definition) is 0. The average Bonchev–Trinajstić information content (AvgIpc) is 3.19. The Balaban J connectivity index is 1.54. The Kier molecular flexibility index (Phi) is 5.62. The van der Waals surface area contributed by atoms with Gasteiger partial charge in [-0.25, -0.2) is 14.6 Å². The van der Waals surface area contributed by atoms with Crippen LogP contribution in [0.15, 0.2) is 47.9 Å². The Morgan fingerprint density at radius 1 is 1.18 bits per heavy atom. The minimum absolute atomic E-state index is 0.166. The van der Waals surface area contributed by atoms with Crippen molar-refractivity contribution in [1.82, 2.24) is 24.6 Å². The van der Waals surface area contributed by atoms with Crippen LogP contribution in [-0.2, 0) is 4.79 Å². The van der Waals surface area contributed by atoms with Gasteiger partial charge in [0.25, 0.3) is 0 Å². The molecule has 2 aromatic heterocycles. The van der Waals surface area contributed by atoms with Gasteiger partial charge in [-0.3, -0.25) is 4.79 Å². The number of carbonyl (C=O) groups is 1. The van der Waals surface area contributed by atoms with Crippen molar-refractivity contribution < 1.29 is 4.79 Å². The highest BCUT2D eigenvalue weighted by Gasteiger charge is 2.27. The third-order valence-corrected chi connectivity index (χ3v) is 6.54. The van der Waals surface area contributed by atoms with E-state index in [2.05, 4.69) is 15.1 Å². The summed E-state index contributed by atoms with van der Waals surface area (Å²) in [4.78, 5) is 23.8. The molecule has 0 aliphatic heterocycles. The molecule has 7 heteroatoms. The van der Waals surface area contributed by atoms with Crippen LogP contribution in [0.1, 0.15) is 39.0 Å². The topological polar surface area (TPSA) is 63.9 Å². The second-order valence-corrected chi connectivity index (χ2v) is 8.64. The lowest BCUT2D eigenvalue weighted by Crippen LogP contribution is -2.42. The van der Waals surface area contributed by atoms with E-state index >= 15 is 0 Å². The van der Waals surface area contributed by atoms with Crippen LogP contribution in [0.25, 0.3) is 16.7 Å². The SMILES string of the molecule is CC(Sc1ncnc2c1cnn2-c1ccccc1)C(=O)N(C)C1CCCCC1. The molecule has 4 rings (SSSR count). The van der Waals surface area contributed by atoms with Crippen molar-refractivity contribution in [3.8, 4) is 5.69 Å². The normalized spacial score (nSPS) is 16.2. The summed E-state index contributed by atoms with van der Waals surface area (Å²) in [5.74, 6) is 0.166. The number of aromatic nitrogens is 4. The molecule has 6 nitrogen and oxygen atoms in total. The predicted molar refractivity (Wildman–Crippen MR) is 112 cm³/mol. The summed E-state index contributed by atoms with van der Waals surface area (Å²) in [6.07, 6.45) is 9.28. The summed E-state index contributed by atoms with van der Waals surface area (Å²) < 4.78 is 1.81. The molecule has 1 aromatic carbocycles. The van der Waals surface area contributed by atoms with Gasteiger partial charge in [0.15, 0.2) is 5.65 Å². The van der Waals surface area contributed by atoms with Crippen molar-refractivity contribution >= 4 is 28.7 Å². The molecule has 0 spiro atoms. The van der Waals surface area contributed by atoms with Crippen molar-refractivity contribution in [2.24, 2.45) is 0 Å². The number of amides is 1. The van der Waals surface area contributed by atoms with Crippen LogP contribution in [-0.4, -0.2) is 48.9 Å². The van der Waals surface area contributed by atoms with Gasteiger partial charge in [-0.2, -0.15) is 5.10 Å². The Morgan fingerprint density at radius 3 is 2.68 bits per heavy atom. The molecule has 1 unspecified atom stereocenters. The molecular formula is C21H25N5OS. The van der Waals surface area contributed by atoms with Crippen LogP contribution in [0, 0.1) is 0 Å². The number of benzene rings is 1. The first-order valence-corrected chi connectivity index (χ1v) is 10.7. The molecule has 0 N–H and O–H groups in total. The van der Waals surface area contributed by atoms with E-state index in [-0.39, 0.29) is 11.2 Å². The lowest BCUT2D eigenvalue weighted by molar-refractivity contribution is -0.131. The molecule has 0 bridgehead atoms. The minimum Gasteiger partial charge on any atom is -0.342 e. The summed E-state index contributed by atoms with van der Waals surface area (Å²) in [6, 6.07) is 10.3. The van der Waals surface area contributed by atoms with Gasteiger partial charge in [-0.15, -0.1) is 0 Å². The Labute approximate surface area is 169 Å². The van der Waals surface area contributed by atoms with Gasteiger partial charge in [-0.1, -0.05) is 49.2 Å². The molecule has 28 heavy (non-hydrogen) atoms. The number of hydrogen-bond acceptors (Lipinski definition) is 5. The molecule has 3 aromatic rings. The number of para-hydroxylation sites is 1. The van der Waals surface area contributed by atoms with Gasteiger partial charge in [0.2, 0.25) is 5.91 Å². The van der Waals surface area contributed by atoms with Gasteiger partial charge >= 0.3 is 0 Å². The minimum atomic E-state index is -0.204. The zero-order valence-corrected chi connectivity index (χ0v) is 17.1. The van der Waals surface area contributed by atoms with Crippen molar-refractivity contribution in [3.05, 3.63) is 42.9 Å². The van der Waals surface area contributed by atoms with Gasteiger partial charge < -0.3 is 4.90 Å². The van der Waals surface area contributed by atoms with Gasteiger partial charge in [0, 0.05) is 13.1 Å². The van der Waals surface area contributed by atoms with E-state index in [0.717, 1.165) is 34.6 Å². The third kappa shape index (κ3) is 3.76. The van der Waals surface area contributed by atoms with Gasteiger partial charge in [0.05, 0.1) is 22.5 Å². The molecule has 146 valence electrons. The fraction of sp³-hybridized carbons (Fsp3) is 0.429. The smallest absolute Gasteiger partial charge is 0.235 e. The molecule has 1 amide bonds. The maximum absolute atomic E-state index is 13.0. The highest BCUT2D eigenvalue weighted by Crippen LogP contribution is 2.30.